The molecule has 0 saturated heterocycles. The molecule has 6 heteroatoms. The van der Waals surface area contributed by atoms with Gasteiger partial charge in [-0.1, -0.05) is 0 Å². The molecule has 3 nitrogen and oxygen atoms in total. The van der Waals surface area contributed by atoms with E-state index in [1.807, 2.05) is 0 Å². The van der Waals surface area contributed by atoms with Crippen molar-refractivity contribution in [3.63, 3.8) is 0 Å². The molecular formula is C9H9F3N2O. The second-order valence-corrected chi connectivity index (χ2v) is 3.43. The van der Waals surface area contributed by atoms with E-state index in [2.05, 4.69) is 4.98 Å². The van der Waals surface area contributed by atoms with Gasteiger partial charge in [0.05, 0.1) is 6.10 Å². The number of nitrogen functional groups attached to an aromatic ring is 1. The summed E-state index contributed by atoms with van der Waals surface area (Å²) in [5, 5.41) is 0. The van der Waals surface area contributed by atoms with Crippen molar-refractivity contribution in [1.82, 2.24) is 4.98 Å². The molecular weight excluding hydrogens is 209 g/mol. The van der Waals surface area contributed by atoms with E-state index in [0.717, 1.165) is 18.9 Å². The fourth-order valence-electron chi connectivity index (χ4n) is 1.12. The number of nitrogens with two attached hydrogens (primary N) is 1. The lowest BCUT2D eigenvalue weighted by Gasteiger charge is -2.10. The quantitative estimate of drug-likeness (QED) is 0.827. The lowest BCUT2D eigenvalue weighted by Crippen LogP contribution is -2.10. The predicted molar refractivity (Wildman–Crippen MR) is 47.3 cm³/mol. The second-order valence-electron chi connectivity index (χ2n) is 3.43. The van der Waals surface area contributed by atoms with Crippen molar-refractivity contribution in [2.75, 3.05) is 5.73 Å². The van der Waals surface area contributed by atoms with Crippen LogP contribution in [-0.2, 0) is 6.18 Å². The average molecular weight is 218 g/mol. The molecule has 1 aliphatic carbocycles. The van der Waals surface area contributed by atoms with Gasteiger partial charge in [-0.05, 0) is 12.8 Å². The van der Waals surface area contributed by atoms with Crippen molar-refractivity contribution < 1.29 is 17.9 Å². The zero-order chi connectivity index (χ0) is 11.1. The summed E-state index contributed by atoms with van der Waals surface area (Å²) >= 11 is 0. The van der Waals surface area contributed by atoms with Crippen LogP contribution in [-0.4, -0.2) is 11.1 Å². The standard InChI is InChI=1S/C9H9F3N2O/c10-9(11,12)7-3-6(4-8(13)14-7)15-5-1-2-5/h3-5H,1-2H2,(H2,13,14). The molecule has 1 saturated carbocycles. The van der Waals surface area contributed by atoms with E-state index in [1.54, 1.807) is 0 Å². The van der Waals surface area contributed by atoms with Crippen LogP contribution in [0.3, 0.4) is 0 Å². The van der Waals surface area contributed by atoms with E-state index in [9.17, 15) is 13.2 Å². The normalized spacial score (nSPS) is 16.5. The summed E-state index contributed by atoms with van der Waals surface area (Å²) in [5.41, 5.74) is 4.25. The monoisotopic (exact) mass is 218 g/mol. The molecule has 1 aromatic rings. The number of hydrogen-bond donors (Lipinski definition) is 1. The lowest BCUT2D eigenvalue weighted by atomic mass is 10.3. The van der Waals surface area contributed by atoms with Crippen molar-refractivity contribution in [2.45, 2.75) is 25.1 Å². The Morgan fingerprint density at radius 2 is 2.00 bits per heavy atom. The SMILES string of the molecule is Nc1cc(OC2CC2)cc(C(F)(F)F)n1. The van der Waals surface area contributed by atoms with Crippen LogP contribution < -0.4 is 10.5 Å². The van der Waals surface area contributed by atoms with E-state index in [1.165, 1.54) is 6.07 Å². The van der Waals surface area contributed by atoms with Gasteiger partial charge in [0.25, 0.3) is 0 Å². The zero-order valence-corrected chi connectivity index (χ0v) is 7.71. The molecule has 0 bridgehead atoms. The Bertz CT molecular complexity index is 374. The summed E-state index contributed by atoms with van der Waals surface area (Å²) in [4.78, 5) is 3.21. The number of ether oxygens (including phenoxy) is 1. The topological polar surface area (TPSA) is 48.1 Å². The summed E-state index contributed by atoms with van der Waals surface area (Å²) in [6, 6.07) is 2.17. The van der Waals surface area contributed by atoms with E-state index >= 15 is 0 Å². The first-order valence-electron chi connectivity index (χ1n) is 4.46. The minimum Gasteiger partial charge on any atom is -0.490 e. The molecule has 1 aromatic heterocycles. The number of pyridine rings is 1. The maximum Gasteiger partial charge on any atom is 0.433 e. The maximum atomic E-state index is 12.3. The summed E-state index contributed by atoms with van der Waals surface area (Å²) in [5.74, 6) is -0.0437. The first-order chi connectivity index (χ1) is 6.95. The van der Waals surface area contributed by atoms with Crippen LogP contribution in [0.5, 0.6) is 5.75 Å². The van der Waals surface area contributed by atoms with E-state index in [-0.39, 0.29) is 17.7 Å². The van der Waals surface area contributed by atoms with Gasteiger partial charge in [0.1, 0.15) is 11.6 Å². The minimum atomic E-state index is -4.49. The van der Waals surface area contributed by atoms with Crippen LogP contribution in [0.4, 0.5) is 19.0 Å². The van der Waals surface area contributed by atoms with Crippen LogP contribution in [0.15, 0.2) is 12.1 Å². The van der Waals surface area contributed by atoms with Crippen LogP contribution in [0.1, 0.15) is 18.5 Å². The van der Waals surface area contributed by atoms with Crippen molar-refractivity contribution in [1.29, 1.82) is 0 Å². The van der Waals surface area contributed by atoms with E-state index in [4.69, 9.17) is 10.5 Å². The third-order valence-corrected chi connectivity index (χ3v) is 1.94. The Kier molecular flexibility index (Phi) is 2.21. The van der Waals surface area contributed by atoms with Crippen LogP contribution in [0, 0.1) is 0 Å². The lowest BCUT2D eigenvalue weighted by molar-refractivity contribution is -0.141. The number of rotatable bonds is 2. The largest absolute Gasteiger partial charge is 0.490 e. The predicted octanol–water partition coefficient (Wildman–Crippen LogP) is 2.22. The number of hydrogen-bond acceptors (Lipinski definition) is 3. The van der Waals surface area contributed by atoms with Crippen LogP contribution in [0.25, 0.3) is 0 Å². The summed E-state index contributed by atoms with van der Waals surface area (Å²) in [6.45, 7) is 0. The molecule has 0 aromatic carbocycles. The Morgan fingerprint density at radius 3 is 2.53 bits per heavy atom. The molecule has 1 aliphatic rings. The van der Waals surface area contributed by atoms with Crippen LogP contribution in [0.2, 0.25) is 0 Å². The number of halogens is 3. The summed E-state index contributed by atoms with van der Waals surface area (Å²) < 4.78 is 42.2. The Hall–Kier alpha value is -1.46. The molecule has 0 radical (unpaired) electrons. The molecule has 0 amide bonds. The van der Waals surface area contributed by atoms with Gasteiger partial charge < -0.3 is 10.5 Å². The highest BCUT2D eigenvalue weighted by molar-refractivity contribution is 5.39. The van der Waals surface area contributed by atoms with Crippen molar-refractivity contribution >= 4 is 5.82 Å². The Balaban J connectivity index is 2.27. The molecule has 15 heavy (non-hydrogen) atoms. The number of anilines is 1. The molecule has 82 valence electrons. The van der Waals surface area contributed by atoms with E-state index in [0.29, 0.717) is 0 Å². The fourth-order valence-corrected chi connectivity index (χ4v) is 1.12. The van der Waals surface area contributed by atoms with Gasteiger partial charge in [0.15, 0.2) is 5.69 Å². The van der Waals surface area contributed by atoms with Gasteiger partial charge in [0.2, 0.25) is 0 Å². The highest BCUT2D eigenvalue weighted by Crippen LogP contribution is 2.33. The first-order valence-corrected chi connectivity index (χ1v) is 4.46. The average Bonchev–Trinajstić information content (AvgIpc) is 2.85. The molecule has 0 atom stereocenters. The molecule has 1 heterocycles. The van der Waals surface area contributed by atoms with Gasteiger partial charge in [-0.3, -0.25) is 0 Å². The smallest absolute Gasteiger partial charge is 0.433 e. The molecule has 2 N–H and O–H groups in total. The highest BCUT2D eigenvalue weighted by atomic mass is 19.4. The molecule has 0 unspecified atom stereocenters. The number of alkyl halides is 3. The van der Waals surface area contributed by atoms with Crippen molar-refractivity contribution in [3.05, 3.63) is 17.8 Å². The number of nitrogens with zero attached hydrogens (tertiary/aromatic N) is 1. The Labute approximate surface area is 84.1 Å². The summed E-state index contributed by atoms with van der Waals surface area (Å²) in [7, 11) is 0. The summed E-state index contributed by atoms with van der Waals surface area (Å²) in [6.07, 6.45) is -2.70. The fraction of sp³-hybridized carbons (Fsp3) is 0.444. The molecule has 2 rings (SSSR count). The zero-order valence-electron chi connectivity index (χ0n) is 7.71. The van der Waals surface area contributed by atoms with Gasteiger partial charge >= 0.3 is 6.18 Å². The van der Waals surface area contributed by atoms with Gasteiger partial charge in [-0.15, -0.1) is 0 Å². The van der Waals surface area contributed by atoms with E-state index < -0.39 is 11.9 Å². The van der Waals surface area contributed by atoms with Gasteiger partial charge in [-0.2, -0.15) is 13.2 Å². The maximum absolute atomic E-state index is 12.3. The minimum absolute atomic E-state index is 0.0351. The number of aromatic nitrogens is 1. The van der Waals surface area contributed by atoms with Crippen molar-refractivity contribution in [2.24, 2.45) is 0 Å². The van der Waals surface area contributed by atoms with Gasteiger partial charge in [0, 0.05) is 12.1 Å². The molecule has 1 fully saturated rings. The van der Waals surface area contributed by atoms with Gasteiger partial charge in [-0.25, -0.2) is 4.98 Å². The van der Waals surface area contributed by atoms with Crippen molar-refractivity contribution in [3.8, 4) is 5.75 Å². The molecule has 0 aliphatic heterocycles. The first kappa shape index (κ1) is 10.1. The Morgan fingerprint density at radius 1 is 1.33 bits per heavy atom. The van der Waals surface area contributed by atoms with Crippen LogP contribution >= 0.6 is 0 Å². The highest BCUT2D eigenvalue weighted by Gasteiger charge is 2.34. The third-order valence-electron chi connectivity index (χ3n) is 1.94. The third kappa shape index (κ3) is 2.51. The second kappa shape index (κ2) is 3.29. The molecule has 0 spiro atoms.